The second-order valence-electron chi connectivity index (χ2n) is 7.04. The normalized spacial score (nSPS) is 33.7. The predicted molar refractivity (Wildman–Crippen MR) is 83.4 cm³/mol. The molecule has 3 aliphatic heterocycles. The molecule has 0 saturated carbocycles. The minimum atomic E-state index is 0.0333. The first kappa shape index (κ1) is 15.1. The fourth-order valence-corrected chi connectivity index (χ4v) is 3.49. The summed E-state index contributed by atoms with van der Waals surface area (Å²) in [6.07, 6.45) is 6.29. The lowest BCUT2D eigenvalue weighted by Crippen LogP contribution is -2.50. The third kappa shape index (κ3) is 3.51. The first-order valence-corrected chi connectivity index (χ1v) is 8.51. The average molecular weight is 295 g/mol. The highest BCUT2D eigenvalue weighted by molar-refractivity contribution is 5.82. The molecule has 0 bridgehead atoms. The van der Waals surface area contributed by atoms with Crippen LogP contribution in [0.3, 0.4) is 0 Å². The van der Waals surface area contributed by atoms with Gasteiger partial charge in [-0.3, -0.25) is 4.90 Å². The van der Waals surface area contributed by atoms with Gasteiger partial charge in [0, 0.05) is 12.0 Å². The van der Waals surface area contributed by atoms with Gasteiger partial charge in [-0.2, -0.15) is 0 Å². The van der Waals surface area contributed by atoms with Crippen LogP contribution in [0.2, 0.25) is 0 Å². The molecular formula is C16H29N3O2. The molecular weight excluding hydrogens is 266 g/mol. The summed E-state index contributed by atoms with van der Waals surface area (Å²) in [5.41, 5.74) is 0.0333. The van der Waals surface area contributed by atoms with Crippen molar-refractivity contribution in [1.29, 1.82) is 0 Å². The van der Waals surface area contributed by atoms with E-state index in [9.17, 15) is 0 Å². The van der Waals surface area contributed by atoms with Crippen molar-refractivity contribution in [3.63, 3.8) is 0 Å². The summed E-state index contributed by atoms with van der Waals surface area (Å²) in [5, 5.41) is 7.70. The number of nitrogens with zero attached hydrogens (tertiary/aromatic N) is 2. The Balaban J connectivity index is 1.62. The molecule has 0 radical (unpaired) electrons. The van der Waals surface area contributed by atoms with Crippen molar-refractivity contribution in [3.05, 3.63) is 0 Å². The number of hydrogen-bond donors (Lipinski definition) is 1. The van der Waals surface area contributed by atoms with Gasteiger partial charge in [0.25, 0.3) is 0 Å². The van der Waals surface area contributed by atoms with Gasteiger partial charge in [-0.1, -0.05) is 18.5 Å². The van der Waals surface area contributed by atoms with Crippen LogP contribution in [-0.2, 0) is 9.57 Å². The Kier molecular flexibility index (Phi) is 4.69. The smallest absolute Gasteiger partial charge is 0.232 e. The molecule has 0 aliphatic carbocycles. The molecule has 21 heavy (non-hydrogen) atoms. The van der Waals surface area contributed by atoms with Crippen LogP contribution >= 0.6 is 0 Å². The minimum absolute atomic E-state index is 0.0333. The van der Waals surface area contributed by atoms with E-state index in [-0.39, 0.29) is 17.6 Å². The first-order valence-electron chi connectivity index (χ1n) is 8.51. The SMILES string of the molecule is C[C@@H]1ON=C(C2(C)CCNCC2)O[C@H]1CN1CCCCC1. The molecule has 3 heterocycles. The van der Waals surface area contributed by atoms with Gasteiger partial charge in [0.2, 0.25) is 5.90 Å². The summed E-state index contributed by atoms with van der Waals surface area (Å²) < 4.78 is 6.30. The van der Waals surface area contributed by atoms with Crippen molar-refractivity contribution in [1.82, 2.24) is 10.2 Å². The van der Waals surface area contributed by atoms with Crippen LogP contribution in [0.5, 0.6) is 0 Å². The van der Waals surface area contributed by atoms with Gasteiger partial charge in [0.05, 0.1) is 0 Å². The second-order valence-corrected chi connectivity index (χ2v) is 7.04. The van der Waals surface area contributed by atoms with Crippen LogP contribution in [0.25, 0.3) is 0 Å². The first-order chi connectivity index (χ1) is 10.2. The van der Waals surface area contributed by atoms with Crippen molar-refractivity contribution in [2.24, 2.45) is 10.6 Å². The van der Waals surface area contributed by atoms with Gasteiger partial charge in [0.1, 0.15) is 0 Å². The van der Waals surface area contributed by atoms with E-state index in [4.69, 9.17) is 9.57 Å². The van der Waals surface area contributed by atoms with E-state index in [1.807, 2.05) is 0 Å². The number of nitrogens with one attached hydrogen (secondary N) is 1. The summed E-state index contributed by atoms with van der Waals surface area (Å²) in [4.78, 5) is 8.19. The van der Waals surface area contributed by atoms with E-state index < -0.39 is 0 Å². The van der Waals surface area contributed by atoms with Gasteiger partial charge in [-0.25, -0.2) is 0 Å². The standard InChI is InChI=1S/C16H29N3O2/c1-13-14(12-19-10-4-3-5-11-19)20-15(18-21-13)16(2)6-8-17-9-7-16/h13-14,17H,3-12H2,1-2H3/t13-,14-/m0/s1. The van der Waals surface area contributed by atoms with Crippen LogP contribution in [0.1, 0.15) is 46.0 Å². The summed E-state index contributed by atoms with van der Waals surface area (Å²) in [5.74, 6) is 0.823. The van der Waals surface area contributed by atoms with E-state index in [1.54, 1.807) is 0 Å². The molecule has 120 valence electrons. The highest BCUT2D eigenvalue weighted by atomic mass is 16.7. The summed E-state index contributed by atoms with van der Waals surface area (Å²) in [6, 6.07) is 0. The molecule has 0 aromatic carbocycles. The fourth-order valence-electron chi connectivity index (χ4n) is 3.49. The number of oxime groups is 1. The van der Waals surface area contributed by atoms with Crippen LogP contribution in [-0.4, -0.2) is 55.7 Å². The number of piperidine rings is 2. The van der Waals surface area contributed by atoms with E-state index in [0.717, 1.165) is 38.4 Å². The highest BCUT2D eigenvalue weighted by Gasteiger charge is 2.40. The van der Waals surface area contributed by atoms with Crippen molar-refractivity contribution >= 4 is 5.90 Å². The van der Waals surface area contributed by atoms with Crippen LogP contribution < -0.4 is 5.32 Å². The lowest BCUT2D eigenvalue weighted by atomic mass is 9.80. The Hall–Kier alpha value is -0.810. The molecule has 2 fully saturated rings. The van der Waals surface area contributed by atoms with E-state index >= 15 is 0 Å². The maximum Gasteiger partial charge on any atom is 0.232 e. The molecule has 0 aromatic rings. The van der Waals surface area contributed by atoms with Crippen LogP contribution in [0.15, 0.2) is 5.16 Å². The Bertz CT molecular complexity index is 374. The Morgan fingerprint density at radius 1 is 1.24 bits per heavy atom. The third-order valence-corrected chi connectivity index (χ3v) is 5.20. The van der Waals surface area contributed by atoms with E-state index in [2.05, 4.69) is 29.2 Å². The van der Waals surface area contributed by atoms with Gasteiger partial charge < -0.3 is 14.9 Å². The topological polar surface area (TPSA) is 46.1 Å². The van der Waals surface area contributed by atoms with Crippen LogP contribution in [0.4, 0.5) is 0 Å². The number of likely N-dealkylation sites (tertiary alicyclic amines) is 1. The quantitative estimate of drug-likeness (QED) is 0.865. The summed E-state index contributed by atoms with van der Waals surface area (Å²) >= 11 is 0. The largest absolute Gasteiger partial charge is 0.470 e. The average Bonchev–Trinajstić information content (AvgIpc) is 2.51. The molecule has 0 unspecified atom stereocenters. The molecule has 2 atom stereocenters. The van der Waals surface area contributed by atoms with Gasteiger partial charge in [-0.15, -0.1) is 0 Å². The Morgan fingerprint density at radius 3 is 2.67 bits per heavy atom. The van der Waals surface area contributed by atoms with Crippen molar-refractivity contribution in [2.45, 2.75) is 58.2 Å². The lowest BCUT2D eigenvalue weighted by molar-refractivity contribution is -0.0730. The Labute approximate surface area is 128 Å². The van der Waals surface area contributed by atoms with Gasteiger partial charge in [0.15, 0.2) is 12.2 Å². The maximum absolute atomic E-state index is 6.30. The predicted octanol–water partition coefficient (Wildman–Crippen LogP) is 1.98. The molecule has 0 aromatic heterocycles. The molecule has 0 spiro atoms. The van der Waals surface area contributed by atoms with Gasteiger partial charge in [-0.05, 0) is 58.8 Å². The summed E-state index contributed by atoms with van der Waals surface area (Å²) in [6.45, 7) is 9.75. The second kappa shape index (κ2) is 6.53. The molecule has 5 nitrogen and oxygen atoms in total. The lowest BCUT2D eigenvalue weighted by Gasteiger charge is -2.40. The van der Waals surface area contributed by atoms with Crippen molar-refractivity contribution < 1.29 is 9.57 Å². The molecule has 1 N–H and O–H groups in total. The minimum Gasteiger partial charge on any atom is -0.470 e. The third-order valence-electron chi connectivity index (χ3n) is 5.20. The highest BCUT2D eigenvalue weighted by Crippen LogP contribution is 2.33. The van der Waals surface area contributed by atoms with Crippen LogP contribution in [0, 0.1) is 5.41 Å². The molecule has 5 heteroatoms. The number of rotatable bonds is 3. The zero-order chi connectivity index (χ0) is 14.7. The molecule has 3 rings (SSSR count). The fraction of sp³-hybridized carbons (Fsp3) is 0.938. The van der Waals surface area contributed by atoms with Gasteiger partial charge >= 0.3 is 0 Å². The molecule has 0 amide bonds. The number of hydrogen-bond acceptors (Lipinski definition) is 5. The van der Waals surface area contributed by atoms with E-state index in [1.165, 1.54) is 32.4 Å². The monoisotopic (exact) mass is 295 g/mol. The zero-order valence-electron chi connectivity index (χ0n) is 13.4. The Morgan fingerprint density at radius 2 is 1.95 bits per heavy atom. The number of ether oxygens (including phenoxy) is 1. The molecule has 2 saturated heterocycles. The maximum atomic E-state index is 6.30. The van der Waals surface area contributed by atoms with Crippen molar-refractivity contribution in [2.75, 3.05) is 32.7 Å². The van der Waals surface area contributed by atoms with E-state index in [0.29, 0.717) is 0 Å². The zero-order valence-corrected chi connectivity index (χ0v) is 13.4. The molecule has 3 aliphatic rings. The summed E-state index contributed by atoms with van der Waals surface area (Å²) in [7, 11) is 0. The van der Waals surface area contributed by atoms with Crippen molar-refractivity contribution in [3.8, 4) is 0 Å².